The second-order valence-corrected chi connectivity index (χ2v) is 9.91. The van der Waals surface area contributed by atoms with Crippen molar-refractivity contribution in [1.82, 2.24) is 10.2 Å². The number of aliphatic hydroxyl groups is 1. The molecule has 3 saturated heterocycles. The second kappa shape index (κ2) is 10.0. The van der Waals surface area contributed by atoms with E-state index >= 15 is 0 Å². The van der Waals surface area contributed by atoms with Crippen LogP contribution in [-0.2, 0) is 19.1 Å². The Morgan fingerprint density at radius 3 is 2.47 bits per heavy atom. The van der Waals surface area contributed by atoms with Crippen molar-refractivity contribution in [2.45, 2.75) is 56.4 Å². The van der Waals surface area contributed by atoms with Crippen molar-refractivity contribution in [2.24, 2.45) is 11.8 Å². The van der Waals surface area contributed by atoms with E-state index in [-0.39, 0.29) is 24.3 Å². The zero-order chi connectivity index (χ0) is 25.3. The molecule has 3 amide bonds. The van der Waals surface area contributed by atoms with E-state index in [0.717, 1.165) is 18.4 Å². The SMILES string of the molecule is CCCCNC(=O)C1N([C@H](CO)c2ccccc2)C(=O)[C@@H]2[C@@H](C(=O)Nc3ccccc3)[C@H]3CCC12O3. The Balaban J connectivity index is 1.52. The molecule has 2 aromatic carbocycles. The van der Waals surface area contributed by atoms with Crippen molar-refractivity contribution in [3.05, 3.63) is 66.2 Å². The quantitative estimate of drug-likeness (QED) is 0.468. The third-order valence-electron chi connectivity index (χ3n) is 7.85. The summed E-state index contributed by atoms with van der Waals surface area (Å²) < 4.78 is 6.46. The molecule has 2 unspecified atom stereocenters. The van der Waals surface area contributed by atoms with Gasteiger partial charge in [-0.1, -0.05) is 61.9 Å². The van der Waals surface area contributed by atoms with Gasteiger partial charge in [0.2, 0.25) is 17.7 Å². The number of amides is 3. The van der Waals surface area contributed by atoms with Gasteiger partial charge in [-0.15, -0.1) is 0 Å². The molecule has 190 valence electrons. The first kappa shape index (κ1) is 24.5. The average Bonchev–Trinajstić information content (AvgIpc) is 3.54. The van der Waals surface area contributed by atoms with Gasteiger partial charge in [0.15, 0.2) is 0 Å². The lowest BCUT2D eigenvalue weighted by molar-refractivity contribution is -0.145. The lowest BCUT2D eigenvalue weighted by Gasteiger charge is -2.36. The molecule has 0 aliphatic carbocycles. The molecule has 0 aromatic heterocycles. The lowest BCUT2D eigenvalue weighted by Crippen LogP contribution is -2.56. The van der Waals surface area contributed by atoms with E-state index in [2.05, 4.69) is 10.6 Å². The van der Waals surface area contributed by atoms with Crippen molar-refractivity contribution in [3.63, 3.8) is 0 Å². The van der Waals surface area contributed by atoms with Crippen LogP contribution >= 0.6 is 0 Å². The fourth-order valence-corrected chi connectivity index (χ4v) is 6.29. The van der Waals surface area contributed by atoms with Crippen molar-refractivity contribution in [2.75, 3.05) is 18.5 Å². The molecule has 8 nitrogen and oxygen atoms in total. The van der Waals surface area contributed by atoms with Crippen LogP contribution in [0.3, 0.4) is 0 Å². The first-order valence-corrected chi connectivity index (χ1v) is 12.8. The lowest BCUT2D eigenvalue weighted by atomic mass is 9.70. The number of benzene rings is 2. The number of anilines is 1. The maximum absolute atomic E-state index is 14.1. The van der Waals surface area contributed by atoms with E-state index < -0.39 is 35.6 Å². The molecule has 3 aliphatic heterocycles. The van der Waals surface area contributed by atoms with Gasteiger partial charge in [-0.3, -0.25) is 14.4 Å². The standard InChI is InChI=1S/C28H33N3O5/c1-2-3-16-29-26(34)24-28-15-14-21(36-28)22(25(33)30-19-12-8-5-9-13-19)23(28)27(35)31(24)20(17-32)18-10-6-4-7-11-18/h4-13,20-24,32H,2-3,14-17H2,1H3,(H,29,34)(H,30,33)/t20-,21-,22+,23+,24?,28?/m1/s1. The molecule has 0 radical (unpaired) electrons. The first-order chi connectivity index (χ1) is 17.5. The first-order valence-electron chi connectivity index (χ1n) is 12.8. The number of nitrogens with zero attached hydrogens (tertiary/aromatic N) is 1. The number of carbonyl (C=O) groups is 3. The summed E-state index contributed by atoms with van der Waals surface area (Å²) in [6.07, 6.45) is 2.42. The normalized spacial score (nSPS) is 29.2. The van der Waals surface area contributed by atoms with Crippen LogP contribution in [0.2, 0.25) is 0 Å². The Bertz CT molecular complexity index is 1110. The van der Waals surface area contributed by atoms with E-state index in [0.29, 0.717) is 25.1 Å². The molecule has 5 rings (SSSR count). The Hall–Kier alpha value is -3.23. The van der Waals surface area contributed by atoms with Crippen molar-refractivity contribution in [3.8, 4) is 0 Å². The van der Waals surface area contributed by atoms with Gasteiger partial charge >= 0.3 is 0 Å². The number of ether oxygens (including phenoxy) is 1. The zero-order valence-corrected chi connectivity index (χ0v) is 20.4. The van der Waals surface area contributed by atoms with E-state index in [1.54, 1.807) is 12.1 Å². The summed E-state index contributed by atoms with van der Waals surface area (Å²) in [5.74, 6) is -2.39. The number of aliphatic hydroxyl groups excluding tert-OH is 1. The Kier molecular flexibility index (Phi) is 6.81. The predicted octanol–water partition coefficient (Wildman–Crippen LogP) is 2.65. The van der Waals surface area contributed by atoms with Gasteiger partial charge in [0, 0.05) is 12.2 Å². The maximum atomic E-state index is 14.1. The third kappa shape index (κ3) is 3.98. The minimum atomic E-state index is -1.10. The van der Waals surface area contributed by atoms with Gasteiger partial charge in [0.1, 0.15) is 11.6 Å². The minimum absolute atomic E-state index is 0.279. The summed E-state index contributed by atoms with van der Waals surface area (Å²) in [6, 6.07) is 16.7. The van der Waals surface area contributed by atoms with Gasteiger partial charge in [0.25, 0.3) is 0 Å². The maximum Gasteiger partial charge on any atom is 0.245 e. The summed E-state index contributed by atoms with van der Waals surface area (Å²) in [5.41, 5.74) is 0.280. The van der Waals surface area contributed by atoms with E-state index in [1.807, 2.05) is 55.5 Å². The van der Waals surface area contributed by atoms with Crippen LogP contribution in [0.25, 0.3) is 0 Å². The van der Waals surface area contributed by atoms with Crippen LogP contribution in [0.15, 0.2) is 60.7 Å². The van der Waals surface area contributed by atoms with Gasteiger partial charge in [-0.2, -0.15) is 0 Å². The van der Waals surface area contributed by atoms with E-state index in [4.69, 9.17) is 4.74 Å². The smallest absolute Gasteiger partial charge is 0.245 e. The highest BCUT2D eigenvalue weighted by Gasteiger charge is 2.75. The fraction of sp³-hybridized carbons (Fsp3) is 0.464. The number of hydrogen-bond acceptors (Lipinski definition) is 5. The highest BCUT2D eigenvalue weighted by atomic mass is 16.5. The van der Waals surface area contributed by atoms with Gasteiger partial charge in [0.05, 0.1) is 30.6 Å². The van der Waals surface area contributed by atoms with E-state index in [1.165, 1.54) is 4.90 Å². The fourth-order valence-electron chi connectivity index (χ4n) is 6.29. The molecular weight excluding hydrogens is 458 g/mol. The Labute approximate surface area is 211 Å². The number of nitrogens with one attached hydrogen (secondary N) is 2. The minimum Gasteiger partial charge on any atom is -0.394 e. The summed E-state index contributed by atoms with van der Waals surface area (Å²) >= 11 is 0. The van der Waals surface area contributed by atoms with Crippen LogP contribution in [0.1, 0.15) is 44.2 Å². The van der Waals surface area contributed by atoms with E-state index in [9.17, 15) is 19.5 Å². The van der Waals surface area contributed by atoms with Crippen molar-refractivity contribution < 1.29 is 24.2 Å². The number of unbranched alkanes of at least 4 members (excludes halogenated alkanes) is 1. The molecule has 3 fully saturated rings. The number of likely N-dealkylation sites (tertiary alicyclic amines) is 1. The van der Waals surface area contributed by atoms with Crippen LogP contribution in [0.4, 0.5) is 5.69 Å². The summed E-state index contributed by atoms with van der Waals surface area (Å²) in [6.45, 7) is 2.19. The van der Waals surface area contributed by atoms with Crippen LogP contribution in [0, 0.1) is 11.8 Å². The Morgan fingerprint density at radius 1 is 1.11 bits per heavy atom. The molecule has 1 spiro atoms. The van der Waals surface area contributed by atoms with Crippen molar-refractivity contribution >= 4 is 23.4 Å². The number of para-hydroxylation sites is 1. The summed E-state index contributed by atoms with van der Waals surface area (Å²) in [4.78, 5) is 42.8. The number of hydrogen-bond donors (Lipinski definition) is 3. The molecule has 3 N–H and O–H groups in total. The number of fused-ring (bicyclic) bond motifs is 1. The molecule has 3 aliphatic rings. The van der Waals surface area contributed by atoms with Gasteiger partial charge in [-0.05, 0) is 37.0 Å². The molecule has 3 heterocycles. The topological polar surface area (TPSA) is 108 Å². The third-order valence-corrected chi connectivity index (χ3v) is 7.85. The van der Waals surface area contributed by atoms with Crippen LogP contribution in [-0.4, -0.2) is 58.6 Å². The summed E-state index contributed by atoms with van der Waals surface area (Å²) in [5, 5.41) is 16.3. The van der Waals surface area contributed by atoms with Crippen LogP contribution < -0.4 is 10.6 Å². The zero-order valence-electron chi connectivity index (χ0n) is 20.4. The predicted molar refractivity (Wildman–Crippen MR) is 134 cm³/mol. The molecule has 8 heteroatoms. The summed E-state index contributed by atoms with van der Waals surface area (Å²) in [7, 11) is 0. The van der Waals surface area contributed by atoms with Gasteiger partial charge < -0.3 is 25.4 Å². The largest absolute Gasteiger partial charge is 0.394 e. The highest BCUT2D eigenvalue weighted by molar-refractivity contribution is 6.02. The molecule has 36 heavy (non-hydrogen) atoms. The molecule has 2 bridgehead atoms. The average molecular weight is 492 g/mol. The number of carbonyl (C=O) groups excluding carboxylic acids is 3. The highest BCUT2D eigenvalue weighted by Crippen LogP contribution is 2.59. The number of rotatable bonds is 9. The Morgan fingerprint density at radius 2 is 1.81 bits per heavy atom. The van der Waals surface area contributed by atoms with Gasteiger partial charge in [-0.25, -0.2) is 0 Å². The monoisotopic (exact) mass is 491 g/mol. The second-order valence-electron chi connectivity index (χ2n) is 9.91. The van der Waals surface area contributed by atoms with Crippen molar-refractivity contribution in [1.29, 1.82) is 0 Å². The molecule has 6 atom stereocenters. The van der Waals surface area contributed by atoms with Crippen LogP contribution in [0.5, 0.6) is 0 Å². The molecule has 0 saturated carbocycles. The molecule has 2 aromatic rings. The molecular formula is C28H33N3O5.